The molecule has 0 amide bonds. The van der Waals surface area contributed by atoms with Crippen molar-refractivity contribution in [2.24, 2.45) is 60.6 Å². The van der Waals surface area contributed by atoms with E-state index in [1.165, 1.54) is 270 Å². The standard InChI is InChI=1S/C10H20.3C9H18.2C8H16.2C7H14.C6H12/c1-4-7-10(3)8-5-6-9(10)2;1-4-9(3)7-5-6-8(9)2;2*1-3-6-9(2)7-4-5-8-9;2*1-3-8(2)6-4-5-7-8;1-7(2)5-3-4-6-7;1-3-7(2)5-4-6-7;1-6(2)4-3-5-6/h9H,4-8H2,1-3H3;8H,4-7H2,1-3H3;2*3-8H2,1-2H3;2*3-7H2,1-2H3;2*3-6H2,1-2H3;3-5H2,1-2H3. The molecule has 0 spiro atoms. The maximum Gasteiger partial charge on any atom is -0.0300 e. The van der Waals surface area contributed by atoms with E-state index >= 15 is 0 Å². The molecular formula is C73H146. The van der Waals surface area contributed by atoms with Gasteiger partial charge in [-0.25, -0.2) is 0 Å². The lowest BCUT2D eigenvalue weighted by Crippen LogP contribution is -2.23. The van der Waals surface area contributed by atoms with Gasteiger partial charge in [0, 0.05) is 0 Å². The van der Waals surface area contributed by atoms with Gasteiger partial charge in [0.05, 0.1) is 0 Å². The summed E-state index contributed by atoms with van der Waals surface area (Å²) < 4.78 is 0. The smallest absolute Gasteiger partial charge is 0.0300 e. The van der Waals surface area contributed by atoms with E-state index in [1.807, 2.05) is 0 Å². The summed E-state index contributed by atoms with van der Waals surface area (Å²) in [6, 6.07) is 0. The largest absolute Gasteiger partial charge is 0.0654 e. The minimum Gasteiger partial charge on any atom is -0.0654 e. The number of hydrogen-bond acceptors (Lipinski definition) is 0. The highest BCUT2D eigenvalue weighted by atomic mass is 14.4. The van der Waals surface area contributed by atoms with Crippen molar-refractivity contribution < 1.29 is 0 Å². The summed E-state index contributed by atoms with van der Waals surface area (Å²) in [5.74, 6) is 1.95. The molecule has 0 aromatic heterocycles. The maximum absolute atomic E-state index is 2.47. The van der Waals surface area contributed by atoms with Gasteiger partial charge in [0.15, 0.2) is 0 Å². The Morgan fingerprint density at radius 2 is 0.493 bits per heavy atom. The van der Waals surface area contributed by atoms with Crippen LogP contribution in [0.25, 0.3) is 0 Å². The topological polar surface area (TPSA) is 0 Å². The minimum atomic E-state index is 0.694. The fourth-order valence-corrected chi connectivity index (χ4v) is 15.0. The molecule has 0 aromatic carbocycles. The van der Waals surface area contributed by atoms with Crippen LogP contribution in [-0.2, 0) is 0 Å². The summed E-state index contributed by atoms with van der Waals surface area (Å²) in [4.78, 5) is 0. The molecule has 73 heavy (non-hydrogen) atoms. The second-order valence-electron chi connectivity index (χ2n) is 31.7. The van der Waals surface area contributed by atoms with E-state index < -0.39 is 0 Å². The number of hydrogen-bond donors (Lipinski definition) is 0. The Morgan fingerprint density at radius 1 is 0.247 bits per heavy atom. The molecule has 9 aliphatic carbocycles. The highest BCUT2D eigenvalue weighted by molar-refractivity contribution is 4.87. The lowest BCUT2D eigenvalue weighted by Gasteiger charge is -2.37. The molecule has 0 N–H and O–H groups in total. The van der Waals surface area contributed by atoms with Crippen molar-refractivity contribution in [1.29, 1.82) is 0 Å². The molecule has 0 saturated heterocycles. The Labute approximate surface area is 466 Å². The van der Waals surface area contributed by atoms with E-state index in [0.717, 1.165) is 44.3 Å². The molecule has 4 atom stereocenters. The zero-order valence-electron chi connectivity index (χ0n) is 55.4. The van der Waals surface area contributed by atoms with Crippen molar-refractivity contribution in [2.45, 2.75) is 408 Å². The van der Waals surface area contributed by atoms with Crippen LogP contribution in [0.1, 0.15) is 408 Å². The van der Waals surface area contributed by atoms with Crippen molar-refractivity contribution in [3.63, 3.8) is 0 Å². The molecule has 0 heteroatoms. The van der Waals surface area contributed by atoms with Crippen molar-refractivity contribution in [1.82, 2.24) is 0 Å². The predicted octanol–water partition coefficient (Wildman–Crippen LogP) is 26.9. The molecule has 0 nitrogen and oxygen atoms in total. The van der Waals surface area contributed by atoms with Gasteiger partial charge in [0.25, 0.3) is 0 Å². The highest BCUT2D eigenvalue weighted by Crippen LogP contribution is 2.48. The minimum absolute atomic E-state index is 0.694. The average Bonchev–Trinajstić information content (AvgIpc) is 4.23. The molecule has 9 aliphatic rings. The molecule has 4 unspecified atom stereocenters. The molecule has 0 heterocycles. The molecule has 9 rings (SSSR count). The van der Waals surface area contributed by atoms with Crippen LogP contribution >= 0.6 is 0 Å². The summed E-state index contributed by atoms with van der Waals surface area (Å²) in [5.41, 5.74) is 6.54. The van der Waals surface area contributed by atoms with E-state index in [9.17, 15) is 0 Å². The summed E-state index contributed by atoms with van der Waals surface area (Å²) in [6.07, 6.45) is 61.1. The fraction of sp³-hybridized carbons (Fsp3) is 1.00. The Balaban J connectivity index is 0.000000412. The van der Waals surface area contributed by atoms with Crippen LogP contribution in [-0.4, -0.2) is 0 Å². The summed E-state index contributed by atoms with van der Waals surface area (Å²) in [6.45, 7) is 47.3. The zero-order valence-corrected chi connectivity index (χ0v) is 55.4. The van der Waals surface area contributed by atoms with Crippen molar-refractivity contribution in [3.8, 4) is 0 Å². The molecule has 9 fully saturated rings. The van der Waals surface area contributed by atoms with Gasteiger partial charge >= 0.3 is 0 Å². The summed E-state index contributed by atoms with van der Waals surface area (Å²) in [5, 5.41) is 0. The van der Waals surface area contributed by atoms with Crippen molar-refractivity contribution in [3.05, 3.63) is 0 Å². The zero-order chi connectivity index (χ0) is 55.4. The van der Waals surface area contributed by atoms with Crippen molar-refractivity contribution >= 4 is 0 Å². The molecule has 0 radical (unpaired) electrons. The lowest BCUT2D eigenvalue weighted by atomic mass is 9.69. The summed E-state index contributed by atoms with van der Waals surface area (Å²) in [7, 11) is 0. The van der Waals surface area contributed by atoms with E-state index in [1.54, 1.807) is 0 Å². The van der Waals surface area contributed by atoms with Gasteiger partial charge in [0.2, 0.25) is 0 Å². The van der Waals surface area contributed by atoms with Crippen LogP contribution in [0.3, 0.4) is 0 Å². The Bertz CT molecular complexity index is 1250. The SMILES string of the molecule is CC1(C)CCC1.CC1(C)CCCC1.CCC1(C)CCC1.CCC1(C)CCCC1.CCC1(C)CCCC1.CCC1(C)CCCC1C.CCCC1(C)CCCC1.CCCC1(C)CCCC1.CCCC1(C)CCCC1C. The van der Waals surface area contributed by atoms with Crippen molar-refractivity contribution in [2.75, 3.05) is 0 Å². The van der Waals surface area contributed by atoms with E-state index in [-0.39, 0.29) is 0 Å². The second kappa shape index (κ2) is 34.9. The lowest BCUT2D eigenvalue weighted by molar-refractivity contribution is 0.155. The first-order valence-corrected chi connectivity index (χ1v) is 34.1. The molecule has 0 aliphatic heterocycles. The third-order valence-electron chi connectivity index (χ3n) is 23.5. The monoisotopic (exact) mass is 1020 g/mol. The molecule has 9 saturated carbocycles. The van der Waals surface area contributed by atoms with Crippen LogP contribution < -0.4 is 0 Å². The van der Waals surface area contributed by atoms with Crippen LogP contribution in [0.4, 0.5) is 0 Å². The first-order valence-electron chi connectivity index (χ1n) is 34.1. The van der Waals surface area contributed by atoms with Crippen LogP contribution in [0, 0.1) is 60.6 Å². The maximum atomic E-state index is 2.47. The van der Waals surface area contributed by atoms with Crippen LogP contribution in [0.15, 0.2) is 0 Å². The first-order chi connectivity index (χ1) is 34.1. The first kappa shape index (κ1) is 71.0. The van der Waals surface area contributed by atoms with E-state index in [4.69, 9.17) is 0 Å². The normalized spacial score (nSPS) is 30.4. The van der Waals surface area contributed by atoms with E-state index in [2.05, 4.69) is 138 Å². The van der Waals surface area contributed by atoms with Gasteiger partial charge in [-0.2, -0.15) is 0 Å². The molecule has 438 valence electrons. The quantitative estimate of drug-likeness (QED) is 0.205. The summed E-state index contributed by atoms with van der Waals surface area (Å²) >= 11 is 0. The van der Waals surface area contributed by atoms with Gasteiger partial charge < -0.3 is 0 Å². The van der Waals surface area contributed by atoms with Gasteiger partial charge in [-0.1, -0.05) is 286 Å². The van der Waals surface area contributed by atoms with Gasteiger partial charge in [-0.3, -0.25) is 0 Å². The van der Waals surface area contributed by atoms with Crippen LogP contribution in [0.2, 0.25) is 0 Å². The third-order valence-corrected chi connectivity index (χ3v) is 23.5. The second-order valence-corrected chi connectivity index (χ2v) is 31.7. The Morgan fingerprint density at radius 3 is 0.644 bits per heavy atom. The Hall–Kier alpha value is 0. The van der Waals surface area contributed by atoms with Gasteiger partial charge in [0.1, 0.15) is 0 Å². The molecule has 0 aromatic rings. The highest BCUT2D eigenvalue weighted by Gasteiger charge is 2.35. The van der Waals surface area contributed by atoms with Gasteiger partial charge in [-0.05, 0) is 183 Å². The van der Waals surface area contributed by atoms with E-state index in [0.29, 0.717) is 16.2 Å². The number of rotatable bonds is 10. The predicted molar refractivity (Wildman–Crippen MR) is 336 cm³/mol. The van der Waals surface area contributed by atoms with Crippen LogP contribution in [0.5, 0.6) is 0 Å². The molecule has 0 bridgehead atoms. The molecular weight excluding hydrogens is 877 g/mol. The fourth-order valence-electron chi connectivity index (χ4n) is 15.0. The third kappa shape index (κ3) is 28.6. The Kier molecular flexibility index (Phi) is 33.9. The van der Waals surface area contributed by atoms with Gasteiger partial charge in [-0.15, -0.1) is 0 Å². The average molecular weight is 1020 g/mol.